The Labute approximate surface area is 154 Å². The Balaban J connectivity index is 1.68. The molecule has 0 spiro atoms. The first-order valence-corrected chi connectivity index (χ1v) is 8.42. The highest BCUT2D eigenvalue weighted by Gasteiger charge is 2.26. The van der Waals surface area contributed by atoms with Gasteiger partial charge in [-0.1, -0.05) is 6.07 Å². The lowest BCUT2D eigenvalue weighted by atomic mass is 10.1. The number of hydrogen-bond donors (Lipinski definition) is 1. The van der Waals surface area contributed by atoms with E-state index in [9.17, 15) is 22.8 Å². The predicted molar refractivity (Wildman–Crippen MR) is 95.2 cm³/mol. The Kier molecular flexibility index (Phi) is 5.34. The minimum absolute atomic E-state index is 0.170. The van der Waals surface area contributed by atoms with Gasteiger partial charge in [0, 0.05) is 44.5 Å². The van der Waals surface area contributed by atoms with Gasteiger partial charge in [0.25, 0.3) is 5.91 Å². The fourth-order valence-electron chi connectivity index (χ4n) is 3.01. The zero-order chi connectivity index (χ0) is 19.6. The number of hydrogen-bond acceptors (Lipinski definition) is 3. The molecule has 0 aliphatic carbocycles. The lowest BCUT2D eigenvalue weighted by Gasteiger charge is -2.36. The molecular formula is C19H18F3N3O2. The lowest BCUT2D eigenvalue weighted by Crippen LogP contribution is -2.49. The molecule has 1 fully saturated rings. The first-order valence-electron chi connectivity index (χ1n) is 8.42. The molecule has 2 amide bonds. The van der Waals surface area contributed by atoms with Crippen LogP contribution in [0.1, 0.15) is 17.3 Å². The second kappa shape index (κ2) is 7.69. The third kappa shape index (κ3) is 4.05. The van der Waals surface area contributed by atoms with Gasteiger partial charge in [-0.05, 0) is 30.3 Å². The van der Waals surface area contributed by atoms with Crippen molar-refractivity contribution in [2.24, 2.45) is 0 Å². The van der Waals surface area contributed by atoms with Crippen LogP contribution < -0.4 is 10.2 Å². The van der Waals surface area contributed by atoms with E-state index in [1.807, 2.05) is 23.1 Å². The second-order valence-electron chi connectivity index (χ2n) is 6.23. The summed E-state index contributed by atoms with van der Waals surface area (Å²) in [6.07, 6.45) is 0. The second-order valence-corrected chi connectivity index (χ2v) is 6.23. The van der Waals surface area contributed by atoms with Gasteiger partial charge in [0.2, 0.25) is 5.91 Å². The summed E-state index contributed by atoms with van der Waals surface area (Å²) in [5, 5.41) is 2.71. The number of carbonyl (C=O) groups excluding carboxylic acids is 2. The Morgan fingerprint density at radius 1 is 0.963 bits per heavy atom. The summed E-state index contributed by atoms with van der Waals surface area (Å²) in [6.45, 7) is 3.01. The molecule has 1 aliphatic rings. The summed E-state index contributed by atoms with van der Waals surface area (Å²) in [7, 11) is 0. The summed E-state index contributed by atoms with van der Waals surface area (Å²) in [6, 6.07) is 9.01. The van der Waals surface area contributed by atoms with Crippen molar-refractivity contribution in [1.29, 1.82) is 0 Å². The molecule has 27 heavy (non-hydrogen) atoms. The summed E-state index contributed by atoms with van der Waals surface area (Å²) in [5.41, 5.74) is 1.07. The molecule has 142 valence electrons. The van der Waals surface area contributed by atoms with Crippen LogP contribution in [0, 0.1) is 17.5 Å². The Morgan fingerprint density at radius 2 is 1.67 bits per heavy atom. The van der Waals surface area contributed by atoms with Gasteiger partial charge < -0.3 is 15.1 Å². The van der Waals surface area contributed by atoms with Crippen molar-refractivity contribution in [1.82, 2.24) is 4.90 Å². The molecule has 0 saturated carbocycles. The van der Waals surface area contributed by atoms with Crippen molar-refractivity contribution in [2.45, 2.75) is 6.92 Å². The summed E-state index contributed by atoms with van der Waals surface area (Å²) in [5.74, 6) is -5.28. The molecule has 1 N–H and O–H groups in total. The van der Waals surface area contributed by atoms with Crippen LogP contribution >= 0.6 is 0 Å². The summed E-state index contributed by atoms with van der Waals surface area (Å²) < 4.78 is 40.3. The number of amides is 2. The number of rotatable bonds is 3. The molecule has 0 unspecified atom stereocenters. The number of piperazine rings is 1. The van der Waals surface area contributed by atoms with E-state index in [2.05, 4.69) is 5.32 Å². The molecular weight excluding hydrogens is 359 g/mol. The number of nitrogens with one attached hydrogen (secondary N) is 1. The minimum Gasteiger partial charge on any atom is -0.368 e. The average molecular weight is 377 g/mol. The van der Waals surface area contributed by atoms with E-state index in [1.54, 1.807) is 6.07 Å². The van der Waals surface area contributed by atoms with Gasteiger partial charge in [0.05, 0.1) is 5.56 Å². The number of benzene rings is 2. The van der Waals surface area contributed by atoms with Gasteiger partial charge in [-0.2, -0.15) is 0 Å². The van der Waals surface area contributed by atoms with Gasteiger partial charge in [-0.15, -0.1) is 0 Å². The third-order valence-corrected chi connectivity index (χ3v) is 4.36. The highest BCUT2D eigenvalue weighted by atomic mass is 19.2. The van der Waals surface area contributed by atoms with E-state index in [0.717, 1.165) is 17.8 Å². The largest absolute Gasteiger partial charge is 0.368 e. The van der Waals surface area contributed by atoms with Crippen LogP contribution in [0.3, 0.4) is 0 Å². The molecule has 5 nitrogen and oxygen atoms in total. The molecule has 3 rings (SSSR count). The molecule has 0 atom stereocenters. The maximum atomic E-state index is 13.9. The smallest absolute Gasteiger partial charge is 0.257 e. The monoisotopic (exact) mass is 377 g/mol. The molecule has 1 heterocycles. The van der Waals surface area contributed by atoms with Crippen LogP contribution in [0.2, 0.25) is 0 Å². The quantitative estimate of drug-likeness (QED) is 0.837. The predicted octanol–water partition coefficient (Wildman–Crippen LogP) is 3.02. The maximum Gasteiger partial charge on any atom is 0.257 e. The average Bonchev–Trinajstić information content (AvgIpc) is 2.66. The Bertz CT molecular complexity index is 880. The number of halogens is 3. The highest BCUT2D eigenvalue weighted by Crippen LogP contribution is 2.22. The molecule has 2 aromatic rings. The van der Waals surface area contributed by atoms with Crippen molar-refractivity contribution in [3.05, 3.63) is 59.4 Å². The van der Waals surface area contributed by atoms with Gasteiger partial charge in [-0.3, -0.25) is 9.59 Å². The number of anilines is 2. The number of carbonyl (C=O) groups is 2. The fraction of sp³-hybridized carbons (Fsp3) is 0.263. The molecule has 0 radical (unpaired) electrons. The van der Waals surface area contributed by atoms with E-state index in [0.29, 0.717) is 31.9 Å². The Morgan fingerprint density at radius 3 is 2.33 bits per heavy atom. The maximum absolute atomic E-state index is 13.9. The highest BCUT2D eigenvalue weighted by molar-refractivity contribution is 5.94. The van der Waals surface area contributed by atoms with Crippen LogP contribution in [-0.4, -0.2) is 42.9 Å². The van der Waals surface area contributed by atoms with Crippen LogP contribution in [0.15, 0.2) is 36.4 Å². The number of nitrogens with zero attached hydrogens (tertiary/aromatic N) is 2. The van der Waals surface area contributed by atoms with Crippen LogP contribution in [0.4, 0.5) is 24.5 Å². The van der Waals surface area contributed by atoms with E-state index < -0.39 is 28.9 Å². The summed E-state index contributed by atoms with van der Waals surface area (Å²) >= 11 is 0. The fourth-order valence-corrected chi connectivity index (χ4v) is 3.01. The molecule has 1 aliphatic heterocycles. The van der Waals surface area contributed by atoms with Crippen LogP contribution in [0.25, 0.3) is 0 Å². The van der Waals surface area contributed by atoms with Crippen molar-refractivity contribution in [3.8, 4) is 0 Å². The topological polar surface area (TPSA) is 52.7 Å². The molecule has 8 heteroatoms. The van der Waals surface area contributed by atoms with Crippen molar-refractivity contribution >= 4 is 23.2 Å². The third-order valence-electron chi connectivity index (χ3n) is 4.36. The van der Waals surface area contributed by atoms with Crippen molar-refractivity contribution in [3.63, 3.8) is 0 Å². The molecule has 0 bridgehead atoms. The van der Waals surface area contributed by atoms with E-state index in [1.165, 1.54) is 11.8 Å². The van der Waals surface area contributed by atoms with Crippen molar-refractivity contribution < 1.29 is 22.8 Å². The lowest BCUT2D eigenvalue weighted by molar-refractivity contribution is -0.114. The molecule has 0 aromatic heterocycles. The molecule has 2 aromatic carbocycles. The molecule has 1 saturated heterocycles. The Hall–Kier alpha value is -3.03. The van der Waals surface area contributed by atoms with Crippen molar-refractivity contribution in [2.75, 3.05) is 36.4 Å². The van der Waals surface area contributed by atoms with Crippen LogP contribution in [0.5, 0.6) is 0 Å². The standard InChI is InChI=1S/C19H18F3N3O2/c1-12(26)23-13-3-2-4-14(11-13)24-7-9-25(10-8-24)19(27)15-5-6-16(20)18(22)17(15)21/h2-6,11H,7-10H2,1H3,(H,23,26). The van der Waals surface area contributed by atoms with Gasteiger partial charge in [0.1, 0.15) is 0 Å². The van der Waals surface area contributed by atoms with Gasteiger partial charge in [0.15, 0.2) is 17.5 Å². The zero-order valence-electron chi connectivity index (χ0n) is 14.6. The van der Waals surface area contributed by atoms with Gasteiger partial charge in [-0.25, -0.2) is 13.2 Å². The van der Waals surface area contributed by atoms with Gasteiger partial charge >= 0.3 is 0 Å². The summed E-state index contributed by atoms with van der Waals surface area (Å²) in [4.78, 5) is 27.0. The van der Waals surface area contributed by atoms with E-state index in [-0.39, 0.29) is 5.91 Å². The SMILES string of the molecule is CC(=O)Nc1cccc(N2CCN(C(=O)c3ccc(F)c(F)c3F)CC2)c1. The minimum atomic E-state index is -1.64. The first-order chi connectivity index (χ1) is 12.9. The normalized spacial score (nSPS) is 14.2. The van der Waals surface area contributed by atoms with Crippen LogP contribution in [-0.2, 0) is 4.79 Å². The zero-order valence-corrected chi connectivity index (χ0v) is 14.6. The first kappa shape index (κ1) is 18.8. The van der Waals surface area contributed by atoms with E-state index >= 15 is 0 Å². The van der Waals surface area contributed by atoms with E-state index in [4.69, 9.17) is 0 Å².